The van der Waals surface area contributed by atoms with E-state index in [2.05, 4.69) is 53.5 Å². The third kappa shape index (κ3) is 4.95. The molecule has 4 aromatic carbocycles. The fourth-order valence-electron chi connectivity index (χ4n) is 4.37. The van der Waals surface area contributed by atoms with Crippen LogP contribution in [0.15, 0.2) is 95.2 Å². The zero-order valence-corrected chi connectivity index (χ0v) is 21.9. The van der Waals surface area contributed by atoms with Crippen LogP contribution in [0.25, 0.3) is 10.8 Å². The lowest BCUT2D eigenvalue weighted by molar-refractivity contribution is 0.174. The molecule has 1 atom stereocenters. The molecule has 0 spiro atoms. The van der Waals surface area contributed by atoms with E-state index in [1.165, 1.54) is 5.56 Å². The number of benzene rings is 4. The first-order valence-corrected chi connectivity index (χ1v) is 13.3. The Bertz CT molecular complexity index is 1620. The Labute approximate surface area is 225 Å². The topological polar surface area (TPSA) is 70.8 Å². The lowest BCUT2D eigenvalue weighted by Gasteiger charge is -2.13. The Morgan fingerprint density at radius 2 is 1.76 bits per heavy atom. The van der Waals surface area contributed by atoms with Crippen LogP contribution in [-0.2, 0) is 5.75 Å². The van der Waals surface area contributed by atoms with E-state index in [0.29, 0.717) is 0 Å². The van der Waals surface area contributed by atoms with Gasteiger partial charge in [-0.2, -0.15) is 9.78 Å². The van der Waals surface area contributed by atoms with Crippen molar-refractivity contribution >= 4 is 28.7 Å². The minimum atomic E-state index is -0.0334. The van der Waals surface area contributed by atoms with Crippen molar-refractivity contribution in [2.24, 2.45) is 5.10 Å². The first kappa shape index (κ1) is 24.1. The summed E-state index contributed by atoms with van der Waals surface area (Å²) in [5, 5.41) is 17.0. The molecule has 0 fully saturated rings. The molecule has 6 rings (SSSR count). The van der Waals surface area contributed by atoms with Gasteiger partial charge in [-0.05, 0) is 57.8 Å². The maximum atomic E-state index is 5.53. The standard InChI is InChI=1S/C30H26N4O3S/c1-20(23-9-10-25-16-26(35-2)12-11-24(25)15-23)29-32-33-30(38-18-21-6-4-3-5-7-21)34(29)31-17-22-8-13-27-28(14-22)37-19-36-27/h3-17,20H,18-19H2,1-2H3/b31-17+. The van der Waals surface area contributed by atoms with Crippen molar-refractivity contribution in [3.05, 3.63) is 107 Å². The van der Waals surface area contributed by atoms with Crippen molar-refractivity contribution in [1.29, 1.82) is 0 Å². The molecule has 7 nitrogen and oxygen atoms in total. The average molecular weight is 523 g/mol. The van der Waals surface area contributed by atoms with E-state index in [-0.39, 0.29) is 12.7 Å². The molecule has 190 valence electrons. The smallest absolute Gasteiger partial charge is 0.231 e. The predicted octanol–water partition coefficient (Wildman–Crippen LogP) is 6.49. The number of rotatable bonds is 8. The fourth-order valence-corrected chi connectivity index (χ4v) is 5.22. The Balaban J connectivity index is 1.34. The van der Waals surface area contributed by atoms with Gasteiger partial charge in [-0.3, -0.25) is 0 Å². The Hall–Kier alpha value is -4.30. The molecule has 0 saturated heterocycles. The van der Waals surface area contributed by atoms with Gasteiger partial charge in [0.1, 0.15) is 5.75 Å². The molecular weight excluding hydrogens is 496 g/mol. The first-order valence-electron chi connectivity index (χ1n) is 12.3. The lowest BCUT2D eigenvalue weighted by Crippen LogP contribution is -2.06. The van der Waals surface area contributed by atoms with Gasteiger partial charge in [-0.1, -0.05) is 73.3 Å². The molecule has 0 aliphatic carbocycles. The molecule has 1 unspecified atom stereocenters. The van der Waals surface area contributed by atoms with Crippen LogP contribution < -0.4 is 14.2 Å². The Kier molecular flexibility index (Phi) is 6.71. The van der Waals surface area contributed by atoms with Crippen molar-refractivity contribution in [1.82, 2.24) is 14.9 Å². The van der Waals surface area contributed by atoms with Crippen LogP contribution in [0.3, 0.4) is 0 Å². The van der Waals surface area contributed by atoms with E-state index in [9.17, 15) is 0 Å². The molecule has 0 N–H and O–H groups in total. The highest BCUT2D eigenvalue weighted by Crippen LogP contribution is 2.33. The molecule has 8 heteroatoms. The van der Waals surface area contributed by atoms with E-state index < -0.39 is 0 Å². The number of aromatic nitrogens is 3. The summed E-state index contributed by atoms with van der Waals surface area (Å²) in [6, 6.07) is 28.6. The van der Waals surface area contributed by atoms with Gasteiger partial charge in [-0.15, -0.1) is 10.2 Å². The van der Waals surface area contributed by atoms with Crippen molar-refractivity contribution < 1.29 is 14.2 Å². The number of fused-ring (bicyclic) bond motifs is 2. The molecule has 38 heavy (non-hydrogen) atoms. The summed E-state index contributed by atoms with van der Waals surface area (Å²) in [6.45, 7) is 2.37. The minimum absolute atomic E-state index is 0.0334. The number of methoxy groups -OCH3 is 1. The number of ether oxygens (including phenoxy) is 3. The summed E-state index contributed by atoms with van der Waals surface area (Å²) in [7, 11) is 1.68. The number of nitrogens with zero attached hydrogens (tertiary/aromatic N) is 4. The Morgan fingerprint density at radius 1 is 0.947 bits per heavy atom. The van der Waals surface area contributed by atoms with E-state index in [4.69, 9.17) is 19.3 Å². The molecule has 1 aliphatic heterocycles. The first-order chi connectivity index (χ1) is 18.7. The van der Waals surface area contributed by atoms with Crippen LogP contribution in [0.4, 0.5) is 0 Å². The highest BCUT2D eigenvalue weighted by atomic mass is 32.2. The number of hydrogen-bond donors (Lipinski definition) is 0. The maximum Gasteiger partial charge on any atom is 0.231 e. The summed E-state index contributed by atoms with van der Waals surface area (Å²) in [5.41, 5.74) is 3.25. The highest BCUT2D eigenvalue weighted by molar-refractivity contribution is 7.98. The molecule has 0 amide bonds. The van der Waals surface area contributed by atoms with Crippen LogP contribution in [-0.4, -0.2) is 35.0 Å². The monoisotopic (exact) mass is 522 g/mol. The SMILES string of the molecule is COc1ccc2cc(C(C)c3nnc(SCc4ccccc4)n3/N=C/c3ccc4c(c3)OCO4)ccc2c1. The van der Waals surface area contributed by atoms with Crippen molar-refractivity contribution in [2.75, 3.05) is 13.9 Å². The van der Waals surface area contributed by atoms with E-state index in [1.807, 2.05) is 53.2 Å². The van der Waals surface area contributed by atoms with Gasteiger partial charge in [0.05, 0.1) is 13.3 Å². The van der Waals surface area contributed by atoms with E-state index in [1.54, 1.807) is 25.1 Å². The van der Waals surface area contributed by atoms with Crippen molar-refractivity contribution in [3.63, 3.8) is 0 Å². The third-order valence-corrected chi connectivity index (χ3v) is 7.52. The van der Waals surface area contributed by atoms with Crippen molar-refractivity contribution in [3.8, 4) is 17.2 Å². The summed E-state index contributed by atoms with van der Waals surface area (Å²) in [4.78, 5) is 0. The molecule has 1 aromatic heterocycles. The molecule has 1 aliphatic rings. The van der Waals surface area contributed by atoms with Crippen LogP contribution in [0.1, 0.15) is 35.4 Å². The molecule has 0 saturated carbocycles. The summed E-state index contributed by atoms with van der Waals surface area (Å²) >= 11 is 1.61. The molecule has 0 bridgehead atoms. The van der Waals surface area contributed by atoms with Crippen LogP contribution in [0, 0.1) is 0 Å². The zero-order valence-electron chi connectivity index (χ0n) is 21.1. The second-order valence-electron chi connectivity index (χ2n) is 8.98. The normalized spacial score (nSPS) is 13.3. The lowest BCUT2D eigenvalue weighted by atomic mass is 9.97. The van der Waals surface area contributed by atoms with Gasteiger partial charge >= 0.3 is 0 Å². The quantitative estimate of drug-likeness (QED) is 0.171. The highest BCUT2D eigenvalue weighted by Gasteiger charge is 2.20. The number of hydrogen-bond acceptors (Lipinski definition) is 7. The molecule has 5 aromatic rings. The van der Waals surface area contributed by atoms with E-state index >= 15 is 0 Å². The largest absolute Gasteiger partial charge is 0.497 e. The third-order valence-electron chi connectivity index (χ3n) is 6.52. The van der Waals surface area contributed by atoms with Crippen LogP contribution >= 0.6 is 11.8 Å². The Morgan fingerprint density at radius 3 is 2.63 bits per heavy atom. The summed E-state index contributed by atoms with van der Waals surface area (Å²) in [6.07, 6.45) is 1.81. The van der Waals surface area contributed by atoms with Crippen LogP contribution in [0.5, 0.6) is 17.2 Å². The fraction of sp³-hybridized carbons (Fsp3) is 0.167. The van der Waals surface area contributed by atoms with E-state index in [0.717, 1.165) is 55.9 Å². The summed E-state index contributed by atoms with van der Waals surface area (Å²) in [5.74, 6) is 3.81. The van der Waals surface area contributed by atoms with Crippen LogP contribution in [0.2, 0.25) is 0 Å². The van der Waals surface area contributed by atoms with Gasteiger partial charge in [0.25, 0.3) is 0 Å². The predicted molar refractivity (Wildman–Crippen MR) is 150 cm³/mol. The average Bonchev–Trinajstić information content (AvgIpc) is 3.61. The molecule has 2 heterocycles. The van der Waals surface area contributed by atoms with Gasteiger partial charge in [0.15, 0.2) is 17.3 Å². The van der Waals surface area contributed by atoms with Gasteiger partial charge in [0, 0.05) is 11.7 Å². The van der Waals surface area contributed by atoms with Crippen molar-refractivity contribution in [2.45, 2.75) is 23.8 Å². The molecule has 0 radical (unpaired) electrons. The minimum Gasteiger partial charge on any atom is -0.497 e. The second kappa shape index (κ2) is 10.6. The van der Waals surface area contributed by atoms with Gasteiger partial charge < -0.3 is 14.2 Å². The number of thioether (sulfide) groups is 1. The van der Waals surface area contributed by atoms with Gasteiger partial charge in [0.2, 0.25) is 11.9 Å². The maximum absolute atomic E-state index is 5.53. The zero-order chi connectivity index (χ0) is 25.9. The molecular formula is C30H26N4O3S. The second-order valence-corrected chi connectivity index (χ2v) is 9.92. The van der Waals surface area contributed by atoms with Gasteiger partial charge in [-0.25, -0.2) is 0 Å². The summed E-state index contributed by atoms with van der Waals surface area (Å²) < 4.78 is 18.2.